The Labute approximate surface area is 169 Å². The van der Waals surface area contributed by atoms with Gasteiger partial charge in [0.2, 0.25) is 5.91 Å². The lowest BCUT2D eigenvalue weighted by atomic mass is 10.0. The minimum Gasteiger partial charge on any atom is -0.484 e. The summed E-state index contributed by atoms with van der Waals surface area (Å²) in [5.74, 6) is -0.359. The standard InChI is InChI=1S/C21H24N4O4/c1-2-17-21(28)24-16-12-14(20(27)23-11-10-22)8-9-18(16)25(17)19(26)13-29-15-6-4-3-5-7-15/h3-9,12,17H,2,10-11,13,22H2,1H3,(H,23,27)(H,24,28). The number of amides is 3. The summed E-state index contributed by atoms with van der Waals surface area (Å²) in [6.45, 7) is 2.31. The molecule has 1 aliphatic rings. The fourth-order valence-corrected chi connectivity index (χ4v) is 3.18. The maximum atomic E-state index is 12.9. The van der Waals surface area contributed by atoms with Crippen LogP contribution < -0.4 is 26.0 Å². The number of nitrogens with two attached hydrogens (primary N) is 1. The topological polar surface area (TPSA) is 114 Å². The number of hydrogen-bond acceptors (Lipinski definition) is 5. The Bertz CT molecular complexity index is 901. The molecule has 0 fully saturated rings. The number of ether oxygens (including phenoxy) is 1. The monoisotopic (exact) mass is 396 g/mol. The number of nitrogens with one attached hydrogen (secondary N) is 2. The number of rotatable bonds is 7. The van der Waals surface area contributed by atoms with E-state index in [2.05, 4.69) is 10.6 Å². The van der Waals surface area contributed by atoms with Gasteiger partial charge in [-0.1, -0.05) is 25.1 Å². The van der Waals surface area contributed by atoms with E-state index in [0.29, 0.717) is 42.2 Å². The van der Waals surface area contributed by atoms with Gasteiger partial charge in [-0.05, 0) is 36.8 Å². The molecule has 3 amide bonds. The first-order valence-electron chi connectivity index (χ1n) is 9.48. The summed E-state index contributed by atoms with van der Waals surface area (Å²) in [5.41, 5.74) is 6.73. The summed E-state index contributed by atoms with van der Waals surface area (Å²) >= 11 is 0. The van der Waals surface area contributed by atoms with Crippen molar-refractivity contribution in [1.82, 2.24) is 5.32 Å². The lowest BCUT2D eigenvalue weighted by Crippen LogP contribution is -2.52. The number of carbonyl (C=O) groups is 3. The molecule has 1 atom stereocenters. The zero-order valence-electron chi connectivity index (χ0n) is 16.2. The summed E-state index contributed by atoms with van der Waals surface area (Å²) < 4.78 is 5.57. The van der Waals surface area contributed by atoms with Gasteiger partial charge in [0.05, 0.1) is 11.4 Å². The van der Waals surface area contributed by atoms with E-state index in [0.717, 1.165) is 0 Å². The molecule has 3 rings (SSSR count). The molecule has 1 unspecified atom stereocenters. The first-order valence-corrected chi connectivity index (χ1v) is 9.48. The highest BCUT2D eigenvalue weighted by atomic mass is 16.5. The van der Waals surface area contributed by atoms with Gasteiger partial charge in [0.25, 0.3) is 11.8 Å². The Morgan fingerprint density at radius 2 is 1.97 bits per heavy atom. The Morgan fingerprint density at radius 3 is 2.66 bits per heavy atom. The van der Waals surface area contributed by atoms with Crippen molar-refractivity contribution in [2.75, 3.05) is 29.9 Å². The SMILES string of the molecule is CCC1C(=O)Nc2cc(C(=O)NCCN)ccc2N1C(=O)COc1ccccc1. The summed E-state index contributed by atoms with van der Waals surface area (Å²) in [6, 6.07) is 13.2. The van der Waals surface area contributed by atoms with Gasteiger partial charge in [0.15, 0.2) is 6.61 Å². The second-order valence-electron chi connectivity index (χ2n) is 6.56. The molecule has 4 N–H and O–H groups in total. The fourth-order valence-electron chi connectivity index (χ4n) is 3.18. The van der Waals surface area contributed by atoms with E-state index in [1.807, 2.05) is 25.1 Å². The number of fused-ring (bicyclic) bond motifs is 1. The molecule has 0 spiro atoms. The first-order chi connectivity index (χ1) is 14.0. The van der Waals surface area contributed by atoms with Crippen molar-refractivity contribution in [3.63, 3.8) is 0 Å². The number of benzene rings is 2. The van der Waals surface area contributed by atoms with Crippen LogP contribution in [-0.4, -0.2) is 43.5 Å². The molecule has 0 saturated heterocycles. The van der Waals surface area contributed by atoms with Gasteiger partial charge in [-0.3, -0.25) is 19.3 Å². The van der Waals surface area contributed by atoms with Crippen LogP contribution in [0.3, 0.4) is 0 Å². The van der Waals surface area contributed by atoms with Gasteiger partial charge >= 0.3 is 0 Å². The number of anilines is 2. The molecule has 152 valence electrons. The van der Waals surface area contributed by atoms with Crippen LogP contribution >= 0.6 is 0 Å². The maximum Gasteiger partial charge on any atom is 0.265 e. The summed E-state index contributed by atoms with van der Waals surface area (Å²) in [4.78, 5) is 39.1. The molecular formula is C21H24N4O4. The van der Waals surface area contributed by atoms with Crippen molar-refractivity contribution in [2.45, 2.75) is 19.4 Å². The highest BCUT2D eigenvalue weighted by molar-refractivity contribution is 6.13. The molecule has 0 aliphatic carbocycles. The van der Waals surface area contributed by atoms with Gasteiger partial charge < -0.3 is 21.1 Å². The number of hydrogen-bond donors (Lipinski definition) is 3. The van der Waals surface area contributed by atoms with Crippen LogP contribution in [0.2, 0.25) is 0 Å². The van der Waals surface area contributed by atoms with Crippen LogP contribution in [0.4, 0.5) is 11.4 Å². The van der Waals surface area contributed by atoms with Gasteiger partial charge in [0, 0.05) is 18.7 Å². The van der Waals surface area contributed by atoms with Crippen LogP contribution in [0, 0.1) is 0 Å². The Kier molecular flexibility index (Phi) is 6.46. The van der Waals surface area contributed by atoms with E-state index in [-0.39, 0.29) is 24.3 Å². The summed E-state index contributed by atoms with van der Waals surface area (Å²) in [5, 5.41) is 5.47. The van der Waals surface area contributed by atoms with E-state index in [4.69, 9.17) is 10.5 Å². The van der Waals surface area contributed by atoms with Crippen molar-refractivity contribution in [3.8, 4) is 5.75 Å². The highest BCUT2D eigenvalue weighted by Gasteiger charge is 2.36. The highest BCUT2D eigenvalue weighted by Crippen LogP contribution is 2.34. The number of nitrogens with zero attached hydrogens (tertiary/aromatic N) is 1. The Hall–Kier alpha value is -3.39. The van der Waals surface area contributed by atoms with Crippen molar-refractivity contribution in [1.29, 1.82) is 0 Å². The van der Waals surface area contributed by atoms with Crippen molar-refractivity contribution in [3.05, 3.63) is 54.1 Å². The predicted octanol–water partition coefficient (Wildman–Crippen LogP) is 1.52. The van der Waals surface area contributed by atoms with Crippen molar-refractivity contribution in [2.24, 2.45) is 5.73 Å². The number of carbonyl (C=O) groups excluding carboxylic acids is 3. The van der Waals surface area contributed by atoms with E-state index < -0.39 is 6.04 Å². The lowest BCUT2D eigenvalue weighted by molar-refractivity contribution is -0.125. The van der Waals surface area contributed by atoms with E-state index in [1.165, 1.54) is 4.90 Å². The zero-order chi connectivity index (χ0) is 20.8. The molecule has 1 aliphatic heterocycles. The van der Waals surface area contributed by atoms with Gasteiger partial charge in [-0.2, -0.15) is 0 Å². The molecule has 0 aromatic heterocycles. The predicted molar refractivity (Wildman–Crippen MR) is 110 cm³/mol. The molecule has 8 heteroatoms. The second kappa shape index (κ2) is 9.20. The third-order valence-corrected chi connectivity index (χ3v) is 4.58. The molecule has 2 aromatic rings. The van der Waals surface area contributed by atoms with Crippen LogP contribution in [0.5, 0.6) is 5.75 Å². The van der Waals surface area contributed by atoms with E-state index in [9.17, 15) is 14.4 Å². The van der Waals surface area contributed by atoms with E-state index in [1.54, 1.807) is 30.3 Å². The Balaban J connectivity index is 1.85. The second-order valence-corrected chi connectivity index (χ2v) is 6.56. The third kappa shape index (κ3) is 4.55. The molecule has 1 heterocycles. The van der Waals surface area contributed by atoms with E-state index >= 15 is 0 Å². The molecule has 8 nitrogen and oxygen atoms in total. The molecule has 29 heavy (non-hydrogen) atoms. The van der Waals surface area contributed by atoms with Crippen molar-refractivity contribution >= 4 is 29.1 Å². The first kappa shape index (κ1) is 20.3. The van der Waals surface area contributed by atoms with Crippen LogP contribution in [-0.2, 0) is 9.59 Å². The van der Waals surface area contributed by atoms with Crippen LogP contribution in [0.15, 0.2) is 48.5 Å². The third-order valence-electron chi connectivity index (χ3n) is 4.58. The van der Waals surface area contributed by atoms with Gasteiger partial charge in [-0.25, -0.2) is 0 Å². The van der Waals surface area contributed by atoms with Gasteiger partial charge in [0.1, 0.15) is 11.8 Å². The molecule has 0 bridgehead atoms. The number of para-hydroxylation sites is 1. The Morgan fingerprint density at radius 1 is 1.21 bits per heavy atom. The quantitative estimate of drug-likeness (QED) is 0.657. The fraction of sp³-hybridized carbons (Fsp3) is 0.286. The lowest BCUT2D eigenvalue weighted by Gasteiger charge is -2.36. The average molecular weight is 396 g/mol. The van der Waals surface area contributed by atoms with Crippen LogP contribution in [0.25, 0.3) is 0 Å². The summed E-state index contributed by atoms with van der Waals surface area (Å²) in [7, 11) is 0. The summed E-state index contributed by atoms with van der Waals surface area (Å²) in [6.07, 6.45) is 0.446. The normalized spacial score (nSPS) is 15.3. The molecule has 0 saturated carbocycles. The molecule has 0 radical (unpaired) electrons. The van der Waals surface area contributed by atoms with Crippen molar-refractivity contribution < 1.29 is 19.1 Å². The largest absolute Gasteiger partial charge is 0.484 e. The molecular weight excluding hydrogens is 372 g/mol. The van der Waals surface area contributed by atoms with Crippen LogP contribution in [0.1, 0.15) is 23.7 Å². The smallest absolute Gasteiger partial charge is 0.265 e. The minimum absolute atomic E-state index is 0.202. The minimum atomic E-state index is -0.647. The van der Waals surface area contributed by atoms with Gasteiger partial charge in [-0.15, -0.1) is 0 Å². The zero-order valence-corrected chi connectivity index (χ0v) is 16.2. The average Bonchev–Trinajstić information content (AvgIpc) is 2.75. The maximum absolute atomic E-state index is 12.9. The molecule has 2 aromatic carbocycles.